The van der Waals surface area contributed by atoms with Crippen LogP contribution in [0.1, 0.15) is 12.5 Å². The first-order chi connectivity index (χ1) is 20.3. The summed E-state index contributed by atoms with van der Waals surface area (Å²) in [5.74, 6) is 1.86. The number of nitrogens with zero attached hydrogens (tertiary/aromatic N) is 6. The van der Waals surface area contributed by atoms with E-state index in [0.717, 1.165) is 49.7 Å². The summed E-state index contributed by atoms with van der Waals surface area (Å²) in [6.45, 7) is 11.0. The lowest BCUT2D eigenvalue weighted by molar-refractivity contribution is -0.111. The minimum Gasteiger partial charge on any atom is -0.497 e. The van der Waals surface area contributed by atoms with Crippen LogP contribution in [0.2, 0.25) is 0 Å². The number of aliphatic hydroxyl groups is 1. The average molecular weight is 575 g/mol. The largest absolute Gasteiger partial charge is 0.497 e. The molecule has 1 saturated heterocycles. The van der Waals surface area contributed by atoms with Crippen molar-refractivity contribution in [2.75, 3.05) is 79.3 Å². The number of nitrogens with one attached hydrogen (secondary N) is 2. The van der Waals surface area contributed by atoms with Gasteiger partial charge in [0.2, 0.25) is 18.2 Å². The van der Waals surface area contributed by atoms with Gasteiger partial charge in [-0.15, -0.1) is 0 Å². The first-order valence-corrected chi connectivity index (χ1v) is 13.9. The van der Waals surface area contributed by atoms with E-state index in [2.05, 4.69) is 38.9 Å². The Hall–Kier alpha value is -4.55. The van der Waals surface area contributed by atoms with Crippen molar-refractivity contribution in [2.24, 2.45) is 0 Å². The number of likely N-dealkylation sites (N-methyl/N-ethyl adjacent to an activating group) is 1. The number of ether oxygens (including phenoxy) is 2. The molecule has 0 aliphatic carbocycles. The van der Waals surface area contributed by atoms with E-state index in [0.29, 0.717) is 41.2 Å². The van der Waals surface area contributed by atoms with Crippen LogP contribution in [0.5, 0.6) is 11.5 Å². The smallest absolute Gasteiger partial charge is 0.247 e. The zero-order valence-electron chi connectivity index (χ0n) is 24.5. The molecule has 222 valence electrons. The minimum atomic E-state index is -0.994. The molecule has 42 heavy (non-hydrogen) atoms. The minimum absolute atomic E-state index is 0.311. The third kappa shape index (κ3) is 6.04. The van der Waals surface area contributed by atoms with E-state index in [1.54, 1.807) is 38.4 Å². The molecule has 0 radical (unpaired) electrons. The fourth-order valence-electron chi connectivity index (χ4n) is 5.21. The second-order valence-corrected chi connectivity index (χ2v) is 10.2. The van der Waals surface area contributed by atoms with E-state index in [9.17, 15) is 9.90 Å². The van der Waals surface area contributed by atoms with Gasteiger partial charge in [-0.2, -0.15) is 4.98 Å². The van der Waals surface area contributed by atoms with Gasteiger partial charge in [0.05, 0.1) is 32.1 Å². The van der Waals surface area contributed by atoms with Gasteiger partial charge in [0.15, 0.2) is 0 Å². The highest BCUT2D eigenvalue weighted by Crippen LogP contribution is 2.36. The molecule has 12 heteroatoms. The van der Waals surface area contributed by atoms with Crippen molar-refractivity contribution in [3.63, 3.8) is 0 Å². The van der Waals surface area contributed by atoms with Crippen LogP contribution >= 0.6 is 0 Å². The van der Waals surface area contributed by atoms with Gasteiger partial charge in [0.1, 0.15) is 17.3 Å². The highest BCUT2D eigenvalue weighted by atomic mass is 16.5. The number of rotatable bonds is 9. The Morgan fingerprint density at radius 3 is 2.43 bits per heavy atom. The third-order valence-corrected chi connectivity index (χ3v) is 7.69. The molecular weight excluding hydrogens is 536 g/mol. The van der Waals surface area contributed by atoms with Crippen LogP contribution in [0.25, 0.3) is 0 Å². The number of carbonyl (C=O) groups is 1. The van der Waals surface area contributed by atoms with E-state index < -0.39 is 6.35 Å². The normalized spacial score (nSPS) is 17.0. The highest BCUT2D eigenvalue weighted by molar-refractivity contribution is 6.02. The third-order valence-electron chi connectivity index (χ3n) is 7.69. The van der Waals surface area contributed by atoms with Crippen LogP contribution < -0.4 is 34.8 Å². The molecule has 3 aromatic rings. The Morgan fingerprint density at radius 1 is 1.07 bits per heavy atom. The molecule has 1 aromatic heterocycles. The van der Waals surface area contributed by atoms with Crippen LogP contribution in [0, 0.1) is 0 Å². The number of fused-ring (bicyclic) bond motifs is 1. The highest BCUT2D eigenvalue weighted by Gasteiger charge is 2.31. The molecule has 3 heterocycles. The molecule has 1 atom stereocenters. The van der Waals surface area contributed by atoms with E-state index in [4.69, 9.17) is 14.5 Å². The number of piperazine rings is 1. The maximum Gasteiger partial charge on any atom is 0.247 e. The Balaban J connectivity index is 1.39. The van der Waals surface area contributed by atoms with Crippen LogP contribution in [0.3, 0.4) is 0 Å². The molecule has 1 amide bonds. The van der Waals surface area contributed by atoms with Gasteiger partial charge in [-0.3, -0.25) is 4.79 Å². The number of hydrogen-bond donors (Lipinski definition) is 3. The Morgan fingerprint density at radius 2 is 1.79 bits per heavy atom. The SMILES string of the molecule is C=CC(=O)Nc1cc(N2CCN(CC)CC2)ccc1Nc1ncc2c(n1)N(C)C(O)N(c1cc(OC)cc(OC)c1)C2. The number of anilines is 6. The molecule has 5 rings (SSSR count). The molecule has 3 N–H and O–H groups in total. The summed E-state index contributed by atoms with van der Waals surface area (Å²) in [7, 11) is 4.95. The molecule has 12 nitrogen and oxygen atoms in total. The Bertz CT molecular complexity index is 1420. The van der Waals surface area contributed by atoms with Crippen molar-refractivity contribution >= 4 is 40.4 Å². The number of aromatic nitrogens is 2. The summed E-state index contributed by atoms with van der Waals surface area (Å²) in [6.07, 6.45) is 1.99. The predicted octanol–water partition coefficient (Wildman–Crippen LogP) is 3.24. The van der Waals surface area contributed by atoms with Gasteiger partial charge < -0.3 is 44.8 Å². The first-order valence-electron chi connectivity index (χ1n) is 13.9. The number of carbonyl (C=O) groups excluding carboxylic acids is 1. The van der Waals surface area contributed by atoms with Crippen LogP contribution in [0.4, 0.5) is 34.5 Å². The van der Waals surface area contributed by atoms with Crippen LogP contribution in [-0.4, -0.2) is 86.2 Å². The molecule has 2 aliphatic heterocycles. The summed E-state index contributed by atoms with van der Waals surface area (Å²) in [5, 5.41) is 17.4. The molecule has 0 spiro atoms. The summed E-state index contributed by atoms with van der Waals surface area (Å²) in [4.78, 5) is 29.8. The topological polar surface area (TPSA) is 119 Å². The average Bonchev–Trinajstić information content (AvgIpc) is 3.03. The lowest BCUT2D eigenvalue weighted by atomic mass is 10.1. The second kappa shape index (κ2) is 12.5. The van der Waals surface area contributed by atoms with Crippen molar-refractivity contribution in [1.29, 1.82) is 0 Å². The number of benzene rings is 2. The van der Waals surface area contributed by atoms with E-state index >= 15 is 0 Å². The fraction of sp³-hybridized carbons (Fsp3) is 0.367. The standard InChI is InChI=1S/C30H38N8O4/c1-6-27(39)32-26-16-21(37-12-10-36(7-2)11-13-37)8-9-25(26)33-29-31-18-20-19-38(30(40)35(3)28(20)34-29)22-14-23(41-4)17-24(15-22)42-5/h6,8-9,14-18,30,40H,1,7,10-13,19H2,2-5H3,(H,32,39)(H,31,33,34). The van der Waals surface area contributed by atoms with Crippen LogP contribution in [0.15, 0.2) is 55.3 Å². The van der Waals surface area contributed by atoms with Crippen molar-refractivity contribution in [1.82, 2.24) is 14.9 Å². The maximum absolute atomic E-state index is 12.3. The number of amides is 1. The fourth-order valence-corrected chi connectivity index (χ4v) is 5.21. The second-order valence-electron chi connectivity index (χ2n) is 10.2. The van der Waals surface area contributed by atoms with Crippen molar-refractivity contribution in [2.45, 2.75) is 19.8 Å². The van der Waals surface area contributed by atoms with Crippen molar-refractivity contribution in [3.8, 4) is 11.5 Å². The van der Waals surface area contributed by atoms with Crippen LogP contribution in [-0.2, 0) is 11.3 Å². The lowest BCUT2D eigenvalue weighted by Crippen LogP contribution is -2.51. The van der Waals surface area contributed by atoms with Gasteiger partial charge >= 0.3 is 0 Å². The van der Waals surface area contributed by atoms with Gasteiger partial charge in [0.25, 0.3) is 0 Å². The first kappa shape index (κ1) is 29.0. The summed E-state index contributed by atoms with van der Waals surface area (Å²) >= 11 is 0. The van der Waals surface area contributed by atoms with Gasteiger partial charge in [-0.1, -0.05) is 13.5 Å². The number of aliphatic hydroxyl groups excluding tert-OH is 1. The monoisotopic (exact) mass is 574 g/mol. The summed E-state index contributed by atoms with van der Waals surface area (Å²) < 4.78 is 10.8. The van der Waals surface area contributed by atoms with Crippen molar-refractivity contribution < 1.29 is 19.4 Å². The molecule has 1 fully saturated rings. The van der Waals surface area contributed by atoms with E-state index in [-0.39, 0.29) is 5.91 Å². The molecule has 2 aromatic carbocycles. The molecule has 0 bridgehead atoms. The quantitative estimate of drug-likeness (QED) is 0.327. The maximum atomic E-state index is 12.3. The number of hydrogen-bond acceptors (Lipinski definition) is 11. The Kier molecular flexibility index (Phi) is 8.64. The zero-order valence-corrected chi connectivity index (χ0v) is 24.5. The molecule has 2 aliphatic rings. The summed E-state index contributed by atoms with van der Waals surface area (Å²) in [6, 6.07) is 11.4. The molecule has 0 saturated carbocycles. The lowest BCUT2D eigenvalue weighted by Gasteiger charge is -2.41. The predicted molar refractivity (Wildman–Crippen MR) is 165 cm³/mol. The van der Waals surface area contributed by atoms with E-state index in [1.165, 1.54) is 6.08 Å². The van der Waals surface area contributed by atoms with Gasteiger partial charge in [0, 0.05) is 74.6 Å². The van der Waals surface area contributed by atoms with Gasteiger partial charge in [-0.05, 0) is 30.8 Å². The Labute approximate surface area is 246 Å². The molecular formula is C30H38N8O4. The number of methoxy groups -OCH3 is 2. The molecule has 1 unspecified atom stereocenters. The summed E-state index contributed by atoms with van der Waals surface area (Å²) in [5.41, 5.74) is 3.83. The van der Waals surface area contributed by atoms with E-state index in [1.807, 2.05) is 35.2 Å². The zero-order chi connectivity index (χ0) is 29.8. The van der Waals surface area contributed by atoms with Gasteiger partial charge in [-0.25, -0.2) is 4.98 Å². The van der Waals surface area contributed by atoms with Crippen molar-refractivity contribution in [3.05, 3.63) is 60.8 Å².